The summed E-state index contributed by atoms with van der Waals surface area (Å²) in [5.41, 5.74) is 2.40. The van der Waals surface area contributed by atoms with Crippen molar-refractivity contribution in [3.63, 3.8) is 0 Å². The lowest BCUT2D eigenvalue weighted by Crippen LogP contribution is -2.51. The van der Waals surface area contributed by atoms with Crippen molar-refractivity contribution < 1.29 is 14.4 Å². The summed E-state index contributed by atoms with van der Waals surface area (Å²) in [5, 5.41) is 7.94. The lowest BCUT2D eigenvalue weighted by atomic mass is 10.1. The van der Waals surface area contributed by atoms with Gasteiger partial charge < -0.3 is 15.5 Å². The number of thiazole rings is 1. The summed E-state index contributed by atoms with van der Waals surface area (Å²) in [6.07, 6.45) is 3.39. The molecule has 3 rings (SSSR count). The molecule has 0 saturated carbocycles. The maximum atomic E-state index is 12.8. The quantitative estimate of drug-likeness (QED) is 0.538. The number of thioether (sulfide) groups is 1. The minimum absolute atomic E-state index is 0.0677. The number of aromatic nitrogens is 1. The fraction of sp³-hybridized carbons (Fsp3) is 0.429. The van der Waals surface area contributed by atoms with Gasteiger partial charge >= 0.3 is 0 Å². The number of hydrogen-bond donors (Lipinski definition) is 2. The molecule has 1 aliphatic heterocycles. The Labute approximate surface area is 194 Å². The largest absolute Gasteiger partial charge is 0.345 e. The number of likely N-dealkylation sites (tertiary alicyclic amines) is 1. The van der Waals surface area contributed by atoms with E-state index in [1.165, 1.54) is 23.1 Å². The lowest BCUT2D eigenvalue weighted by molar-refractivity contribution is -0.134. The number of nitrogens with zero attached hydrogens (tertiary/aromatic N) is 2. The topological polar surface area (TPSA) is 91.4 Å². The molecule has 0 spiro atoms. The number of benzene rings is 1. The molecule has 10 heteroatoms. The van der Waals surface area contributed by atoms with Gasteiger partial charge in [-0.3, -0.25) is 14.4 Å². The lowest BCUT2D eigenvalue weighted by Gasteiger charge is -2.27. The molecule has 2 heterocycles. The molecule has 1 unspecified atom stereocenters. The number of piperidine rings is 1. The summed E-state index contributed by atoms with van der Waals surface area (Å²) >= 11 is 8.67. The molecule has 1 saturated heterocycles. The first-order valence-corrected chi connectivity index (χ1v) is 12.4. The first-order chi connectivity index (χ1) is 15.0. The Kier molecular flexibility index (Phi) is 9.17. The van der Waals surface area contributed by atoms with Crippen LogP contribution in [-0.2, 0) is 20.8 Å². The molecule has 2 N–H and O–H groups in total. The molecule has 1 atom stereocenters. The third-order valence-corrected chi connectivity index (χ3v) is 6.75. The van der Waals surface area contributed by atoms with E-state index in [1.807, 2.05) is 17.5 Å². The van der Waals surface area contributed by atoms with Crippen LogP contribution < -0.4 is 10.6 Å². The monoisotopic (exact) mass is 480 g/mol. The van der Waals surface area contributed by atoms with E-state index in [9.17, 15) is 14.4 Å². The Morgan fingerprint density at radius 2 is 1.90 bits per heavy atom. The van der Waals surface area contributed by atoms with Gasteiger partial charge in [0.2, 0.25) is 17.7 Å². The highest BCUT2D eigenvalue weighted by Gasteiger charge is 2.24. The minimum atomic E-state index is -0.797. The van der Waals surface area contributed by atoms with Crippen LogP contribution in [0.2, 0.25) is 5.02 Å². The first-order valence-electron chi connectivity index (χ1n) is 10.1. The average molecular weight is 481 g/mol. The second kappa shape index (κ2) is 12.1. The van der Waals surface area contributed by atoms with Crippen LogP contribution in [0.4, 0.5) is 0 Å². The predicted octanol–water partition coefficient (Wildman–Crippen LogP) is 2.74. The Balaban J connectivity index is 1.53. The van der Waals surface area contributed by atoms with Crippen LogP contribution in [0.25, 0.3) is 0 Å². The molecular weight excluding hydrogens is 456 g/mol. The minimum Gasteiger partial charge on any atom is -0.345 e. The molecule has 1 fully saturated rings. The van der Waals surface area contributed by atoms with Crippen LogP contribution in [-0.4, -0.2) is 59.0 Å². The molecule has 0 radical (unpaired) electrons. The van der Waals surface area contributed by atoms with Crippen molar-refractivity contribution >= 4 is 52.4 Å². The Morgan fingerprint density at radius 1 is 1.16 bits per heavy atom. The van der Waals surface area contributed by atoms with Gasteiger partial charge in [-0.2, -0.15) is 0 Å². The van der Waals surface area contributed by atoms with Crippen molar-refractivity contribution in [2.75, 3.05) is 25.4 Å². The number of rotatable bonds is 9. The van der Waals surface area contributed by atoms with Crippen LogP contribution in [0.5, 0.6) is 0 Å². The van der Waals surface area contributed by atoms with E-state index in [4.69, 9.17) is 11.6 Å². The number of hydrogen-bond acceptors (Lipinski definition) is 6. The second-order valence-corrected chi connectivity index (χ2v) is 9.41. The zero-order chi connectivity index (χ0) is 22.1. The number of nitrogens with one attached hydrogen (secondary N) is 2. The summed E-state index contributed by atoms with van der Waals surface area (Å²) < 4.78 is 0. The van der Waals surface area contributed by atoms with Crippen LogP contribution in [0.3, 0.4) is 0 Å². The summed E-state index contributed by atoms with van der Waals surface area (Å²) in [6, 6.07) is 6.41. The fourth-order valence-corrected chi connectivity index (χ4v) is 4.62. The molecular formula is C21H25ClN4O3S2. The molecule has 7 nitrogen and oxygen atoms in total. The van der Waals surface area contributed by atoms with Gasteiger partial charge in [0, 0.05) is 34.8 Å². The molecule has 1 aromatic carbocycles. The number of carbonyl (C=O) groups is 3. The molecule has 1 aromatic heterocycles. The van der Waals surface area contributed by atoms with Gasteiger partial charge in [-0.15, -0.1) is 23.1 Å². The number of halogens is 1. The van der Waals surface area contributed by atoms with Crippen molar-refractivity contribution in [2.24, 2.45) is 0 Å². The van der Waals surface area contributed by atoms with E-state index in [0.717, 1.165) is 42.9 Å². The summed E-state index contributed by atoms with van der Waals surface area (Å²) in [5.74, 6) is -0.583. The Morgan fingerprint density at radius 3 is 2.58 bits per heavy atom. The second-order valence-electron chi connectivity index (χ2n) is 7.21. The van der Waals surface area contributed by atoms with Crippen molar-refractivity contribution in [1.29, 1.82) is 0 Å². The van der Waals surface area contributed by atoms with Gasteiger partial charge in [-0.1, -0.05) is 11.6 Å². The van der Waals surface area contributed by atoms with Crippen LogP contribution >= 0.6 is 34.7 Å². The highest BCUT2D eigenvalue weighted by molar-refractivity contribution is 8.00. The zero-order valence-electron chi connectivity index (χ0n) is 17.0. The van der Waals surface area contributed by atoms with Gasteiger partial charge in [0.1, 0.15) is 6.04 Å². The smallest absolute Gasteiger partial charge is 0.243 e. The third kappa shape index (κ3) is 7.83. The van der Waals surface area contributed by atoms with E-state index in [0.29, 0.717) is 5.02 Å². The highest BCUT2D eigenvalue weighted by Crippen LogP contribution is 2.20. The predicted molar refractivity (Wildman–Crippen MR) is 123 cm³/mol. The molecule has 0 bridgehead atoms. The van der Waals surface area contributed by atoms with E-state index >= 15 is 0 Å². The van der Waals surface area contributed by atoms with Crippen molar-refractivity contribution in [3.05, 3.63) is 45.9 Å². The van der Waals surface area contributed by atoms with Gasteiger partial charge in [0.05, 0.1) is 23.5 Å². The Hall–Kier alpha value is -2.10. The van der Waals surface area contributed by atoms with E-state index in [1.54, 1.807) is 22.5 Å². The van der Waals surface area contributed by atoms with E-state index in [2.05, 4.69) is 15.6 Å². The third-order valence-electron chi connectivity index (χ3n) is 4.85. The Bertz CT molecular complexity index is 871. The molecule has 2 aromatic rings. The van der Waals surface area contributed by atoms with E-state index < -0.39 is 6.04 Å². The normalized spacial score (nSPS) is 14.7. The maximum absolute atomic E-state index is 12.8. The number of amides is 3. The summed E-state index contributed by atoms with van der Waals surface area (Å²) in [7, 11) is 0. The standard InChI is InChI=1S/C21H25ClN4O3S2/c22-15-4-6-17(7-5-15)31-13-19(27)25-18(10-16-12-30-14-24-16)21(29)23-11-20(28)26-8-2-1-3-9-26/h4-7,12,14,18H,1-3,8-11,13H2,(H,23,29)(H,25,27). The highest BCUT2D eigenvalue weighted by atomic mass is 35.5. The van der Waals surface area contributed by atoms with Gasteiger partial charge in [0.25, 0.3) is 0 Å². The molecule has 0 aliphatic carbocycles. The van der Waals surface area contributed by atoms with Crippen LogP contribution in [0, 0.1) is 0 Å². The fourth-order valence-electron chi connectivity index (χ4n) is 3.21. The average Bonchev–Trinajstić information content (AvgIpc) is 3.30. The first kappa shape index (κ1) is 23.6. The number of carbonyl (C=O) groups excluding carboxylic acids is 3. The zero-order valence-corrected chi connectivity index (χ0v) is 19.4. The van der Waals surface area contributed by atoms with Crippen LogP contribution in [0.15, 0.2) is 40.1 Å². The SMILES string of the molecule is O=C(CSc1ccc(Cl)cc1)NC(Cc1cscn1)C(=O)NCC(=O)N1CCCCC1. The van der Waals surface area contributed by atoms with Gasteiger partial charge in [0.15, 0.2) is 0 Å². The molecule has 1 aliphatic rings. The summed E-state index contributed by atoms with van der Waals surface area (Å²) in [6.45, 7) is 1.40. The van der Waals surface area contributed by atoms with Crippen molar-refractivity contribution in [1.82, 2.24) is 20.5 Å². The molecule has 31 heavy (non-hydrogen) atoms. The van der Waals surface area contributed by atoms with E-state index in [-0.39, 0.29) is 36.4 Å². The molecule has 3 amide bonds. The molecule has 166 valence electrons. The van der Waals surface area contributed by atoms with Crippen molar-refractivity contribution in [2.45, 2.75) is 36.6 Å². The van der Waals surface area contributed by atoms with Crippen LogP contribution in [0.1, 0.15) is 25.0 Å². The maximum Gasteiger partial charge on any atom is 0.243 e. The van der Waals surface area contributed by atoms with Gasteiger partial charge in [-0.05, 0) is 43.5 Å². The summed E-state index contributed by atoms with van der Waals surface area (Å²) in [4.78, 5) is 44.5. The van der Waals surface area contributed by atoms with Gasteiger partial charge in [-0.25, -0.2) is 4.98 Å². The van der Waals surface area contributed by atoms with Crippen molar-refractivity contribution in [3.8, 4) is 0 Å².